The maximum absolute atomic E-state index is 13.2. The van der Waals surface area contributed by atoms with Crippen molar-refractivity contribution >= 4 is 41.0 Å². The summed E-state index contributed by atoms with van der Waals surface area (Å²) in [5.74, 6) is 3.25. The van der Waals surface area contributed by atoms with Gasteiger partial charge in [0.2, 0.25) is 5.95 Å². The van der Waals surface area contributed by atoms with E-state index in [1.165, 1.54) is 0 Å². The summed E-state index contributed by atoms with van der Waals surface area (Å²) in [7, 11) is 3.18. The third-order valence-corrected chi connectivity index (χ3v) is 6.76. The summed E-state index contributed by atoms with van der Waals surface area (Å²) in [4.78, 5) is 26.9. The Bertz CT molecular complexity index is 1200. The number of amides is 1. The van der Waals surface area contributed by atoms with Crippen molar-refractivity contribution < 1.29 is 18.7 Å². The second-order valence-electron chi connectivity index (χ2n) is 8.65. The predicted octanol–water partition coefficient (Wildman–Crippen LogP) is 3.83. The number of hydrogen-bond acceptors (Lipinski definition) is 8. The molecule has 1 amide bonds. The highest BCUT2D eigenvalue weighted by Gasteiger charge is 2.42. The maximum atomic E-state index is 13.2. The van der Waals surface area contributed by atoms with Crippen LogP contribution in [0.4, 0.5) is 11.8 Å². The molecule has 1 saturated carbocycles. The molecule has 2 N–H and O–H groups in total. The number of nitrogens with two attached hydrogens (primary N) is 1. The van der Waals surface area contributed by atoms with E-state index in [1.807, 2.05) is 24.0 Å². The molecule has 9 nitrogen and oxygen atoms in total. The summed E-state index contributed by atoms with van der Waals surface area (Å²) in [6.45, 7) is 3.06. The molecule has 2 atom stereocenters. The molecule has 2 aromatic heterocycles. The van der Waals surface area contributed by atoms with Crippen LogP contribution in [0, 0.1) is 6.92 Å². The van der Waals surface area contributed by atoms with E-state index in [9.17, 15) is 4.79 Å². The number of fused-ring (bicyclic) bond motifs is 2. The van der Waals surface area contributed by atoms with Crippen molar-refractivity contribution in [3.05, 3.63) is 35.8 Å². The Morgan fingerprint density at radius 2 is 1.76 bits per heavy atom. The van der Waals surface area contributed by atoms with Gasteiger partial charge in [0, 0.05) is 24.5 Å². The topological polar surface area (TPSA) is 107 Å². The second-order valence-corrected chi connectivity index (χ2v) is 8.65. The van der Waals surface area contributed by atoms with E-state index >= 15 is 0 Å². The fourth-order valence-electron chi connectivity index (χ4n) is 5.15. The molecule has 0 spiro atoms. The van der Waals surface area contributed by atoms with Gasteiger partial charge in [-0.2, -0.15) is 4.98 Å². The number of rotatable bonds is 4. The van der Waals surface area contributed by atoms with Crippen LogP contribution in [0.5, 0.6) is 11.5 Å². The van der Waals surface area contributed by atoms with Gasteiger partial charge in [0.1, 0.15) is 11.6 Å². The molecule has 3 heterocycles. The highest BCUT2D eigenvalue weighted by atomic mass is 35.5. The fraction of sp³-hybridized carbons (Fsp3) is 0.458. The van der Waals surface area contributed by atoms with E-state index in [0.29, 0.717) is 47.6 Å². The molecular weight excluding hydrogens is 458 g/mol. The molecule has 1 aliphatic carbocycles. The Labute approximate surface area is 204 Å². The van der Waals surface area contributed by atoms with Gasteiger partial charge in [-0.3, -0.25) is 4.79 Å². The van der Waals surface area contributed by atoms with Crippen LogP contribution in [0.25, 0.3) is 10.9 Å². The molecule has 10 heteroatoms. The number of carbonyl (C=O) groups is 1. The Kier molecular flexibility index (Phi) is 6.74. The number of nitrogens with zero attached hydrogens (tertiary/aromatic N) is 4. The van der Waals surface area contributed by atoms with Crippen molar-refractivity contribution in [2.24, 2.45) is 0 Å². The lowest BCUT2D eigenvalue weighted by Crippen LogP contribution is -2.62. The fourth-order valence-corrected chi connectivity index (χ4v) is 5.15. The number of hydrogen-bond donors (Lipinski definition) is 1. The first-order valence-corrected chi connectivity index (χ1v) is 11.3. The number of piperazine rings is 1. The predicted molar refractivity (Wildman–Crippen MR) is 132 cm³/mol. The Morgan fingerprint density at radius 1 is 1.06 bits per heavy atom. The lowest BCUT2D eigenvalue weighted by atomic mass is 9.86. The Morgan fingerprint density at radius 3 is 2.44 bits per heavy atom. The summed E-state index contributed by atoms with van der Waals surface area (Å²) < 4.78 is 16.5. The number of methoxy groups -OCH3 is 2. The average Bonchev–Trinajstić information content (AvgIpc) is 3.28. The van der Waals surface area contributed by atoms with Crippen molar-refractivity contribution in [2.75, 3.05) is 37.9 Å². The zero-order valence-corrected chi connectivity index (χ0v) is 20.4. The molecule has 2 unspecified atom stereocenters. The quantitative estimate of drug-likeness (QED) is 0.591. The number of carbonyl (C=O) groups excluding carboxylic acids is 1. The molecule has 0 bridgehead atoms. The molecule has 182 valence electrons. The molecule has 3 aromatic rings. The van der Waals surface area contributed by atoms with E-state index in [4.69, 9.17) is 24.6 Å². The molecular formula is C24H30ClN5O4. The van der Waals surface area contributed by atoms with E-state index in [1.54, 1.807) is 26.4 Å². The normalized spacial score (nSPS) is 20.0. The van der Waals surface area contributed by atoms with Crippen LogP contribution in [0.2, 0.25) is 0 Å². The number of furan rings is 1. The lowest BCUT2D eigenvalue weighted by Gasteiger charge is -2.49. The van der Waals surface area contributed by atoms with E-state index in [2.05, 4.69) is 9.88 Å². The Balaban J connectivity index is 0.00000274. The minimum Gasteiger partial charge on any atom is -0.493 e. The van der Waals surface area contributed by atoms with Gasteiger partial charge in [-0.15, -0.1) is 12.4 Å². The van der Waals surface area contributed by atoms with Crippen molar-refractivity contribution in [1.29, 1.82) is 0 Å². The first-order valence-electron chi connectivity index (χ1n) is 11.3. The van der Waals surface area contributed by atoms with Gasteiger partial charge < -0.3 is 29.4 Å². The van der Waals surface area contributed by atoms with Crippen molar-refractivity contribution in [3.63, 3.8) is 0 Å². The molecule has 1 saturated heterocycles. The first kappa shape index (κ1) is 23.9. The van der Waals surface area contributed by atoms with Crippen LogP contribution in [0.15, 0.2) is 28.7 Å². The number of aryl methyl sites for hydroxylation is 1. The number of halogens is 1. The largest absolute Gasteiger partial charge is 0.493 e. The minimum atomic E-state index is -0.0459. The van der Waals surface area contributed by atoms with Crippen LogP contribution in [-0.4, -0.2) is 60.2 Å². The van der Waals surface area contributed by atoms with Gasteiger partial charge in [-0.25, -0.2) is 4.98 Å². The standard InChI is InChI=1S/C24H29N5O4.ClH/c1-14-8-9-19(33-14)23(30)28-10-11-29(18-7-5-4-6-17(18)28)24-26-16-13-21(32-3)20(31-2)12-15(16)22(25)27-24;/h8-9,12-13,17-18H,4-7,10-11H2,1-3H3,(H2,25,26,27);1H. The third-order valence-electron chi connectivity index (χ3n) is 6.76. The maximum Gasteiger partial charge on any atom is 0.289 e. The molecule has 5 rings (SSSR count). The van der Waals surface area contributed by atoms with E-state index < -0.39 is 0 Å². The average molecular weight is 488 g/mol. The summed E-state index contributed by atoms with van der Waals surface area (Å²) in [6.07, 6.45) is 4.11. The number of nitrogen functional groups attached to an aromatic ring is 1. The smallest absolute Gasteiger partial charge is 0.289 e. The molecule has 34 heavy (non-hydrogen) atoms. The molecule has 2 aliphatic rings. The number of anilines is 2. The lowest BCUT2D eigenvalue weighted by molar-refractivity contribution is 0.0507. The zero-order valence-electron chi connectivity index (χ0n) is 19.6. The highest BCUT2D eigenvalue weighted by molar-refractivity contribution is 5.93. The van der Waals surface area contributed by atoms with E-state index in [0.717, 1.165) is 36.8 Å². The highest BCUT2D eigenvalue weighted by Crippen LogP contribution is 2.37. The molecule has 0 radical (unpaired) electrons. The Hall–Kier alpha value is -3.20. The summed E-state index contributed by atoms with van der Waals surface area (Å²) in [5.41, 5.74) is 7.05. The molecule has 2 fully saturated rings. The molecule has 1 aliphatic heterocycles. The van der Waals surface area contributed by atoms with Gasteiger partial charge >= 0.3 is 0 Å². The monoisotopic (exact) mass is 487 g/mol. The summed E-state index contributed by atoms with van der Waals surface area (Å²) in [6, 6.07) is 7.43. The van der Waals surface area contributed by atoms with Crippen molar-refractivity contribution in [1.82, 2.24) is 14.9 Å². The summed E-state index contributed by atoms with van der Waals surface area (Å²) in [5, 5.41) is 0.721. The van der Waals surface area contributed by atoms with E-state index in [-0.39, 0.29) is 30.4 Å². The second kappa shape index (κ2) is 9.58. The number of ether oxygens (including phenoxy) is 2. The zero-order chi connectivity index (χ0) is 23.1. The van der Waals surface area contributed by atoms with Crippen LogP contribution in [0.1, 0.15) is 42.0 Å². The first-order chi connectivity index (χ1) is 16.0. The van der Waals surface area contributed by atoms with Gasteiger partial charge in [-0.1, -0.05) is 12.8 Å². The van der Waals surface area contributed by atoms with Gasteiger partial charge in [0.05, 0.1) is 31.8 Å². The minimum absolute atomic E-state index is 0. The van der Waals surface area contributed by atoms with Gasteiger partial charge in [-0.05, 0) is 38.0 Å². The van der Waals surface area contributed by atoms with Crippen molar-refractivity contribution in [3.8, 4) is 11.5 Å². The van der Waals surface area contributed by atoms with Gasteiger partial charge in [0.25, 0.3) is 5.91 Å². The van der Waals surface area contributed by atoms with Crippen LogP contribution in [-0.2, 0) is 0 Å². The van der Waals surface area contributed by atoms with Crippen LogP contribution >= 0.6 is 12.4 Å². The third kappa shape index (κ3) is 4.09. The molecule has 1 aromatic carbocycles. The van der Waals surface area contributed by atoms with Crippen LogP contribution < -0.4 is 20.1 Å². The van der Waals surface area contributed by atoms with Crippen molar-refractivity contribution in [2.45, 2.75) is 44.7 Å². The number of aromatic nitrogens is 2. The van der Waals surface area contributed by atoms with Crippen LogP contribution in [0.3, 0.4) is 0 Å². The van der Waals surface area contributed by atoms with Gasteiger partial charge in [0.15, 0.2) is 17.3 Å². The SMILES string of the molecule is COc1cc2nc(N3CCN(C(=O)c4ccc(C)o4)C4CCCCC43)nc(N)c2cc1OC.Cl. The number of benzene rings is 1. The summed E-state index contributed by atoms with van der Waals surface area (Å²) >= 11 is 0.